The Kier molecular flexibility index (Phi) is 5.30. The minimum Gasteiger partial charge on any atom is -0.353 e. The van der Waals surface area contributed by atoms with Crippen molar-refractivity contribution in [2.75, 3.05) is 0 Å². The van der Waals surface area contributed by atoms with Gasteiger partial charge in [0.2, 0.25) is 5.91 Å². The van der Waals surface area contributed by atoms with Crippen molar-refractivity contribution in [2.45, 2.75) is 50.2 Å². The smallest absolute Gasteiger partial charge is 0.224 e. The molecule has 3 rings (SSSR count). The Morgan fingerprint density at radius 3 is 2.65 bits per heavy atom. The van der Waals surface area contributed by atoms with E-state index in [1.54, 1.807) is 0 Å². The van der Waals surface area contributed by atoms with Gasteiger partial charge in [-0.2, -0.15) is 0 Å². The van der Waals surface area contributed by atoms with Gasteiger partial charge < -0.3 is 10.6 Å². The number of hydrogen-bond donors (Lipinski definition) is 2. The molecule has 5 heteroatoms. The van der Waals surface area contributed by atoms with E-state index in [0.29, 0.717) is 29.6 Å². The number of halogens is 2. The molecule has 1 aromatic carbocycles. The van der Waals surface area contributed by atoms with Gasteiger partial charge in [-0.25, -0.2) is 0 Å². The summed E-state index contributed by atoms with van der Waals surface area (Å²) >= 11 is 5.93. The van der Waals surface area contributed by atoms with E-state index >= 15 is 0 Å². The summed E-state index contributed by atoms with van der Waals surface area (Å²) in [5, 5.41) is 7.43. The maximum atomic E-state index is 12.1. The normalized spacial score (nSPS) is 27.8. The van der Waals surface area contributed by atoms with Crippen LogP contribution in [0.15, 0.2) is 24.3 Å². The van der Waals surface area contributed by atoms with E-state index in [0.717, 1.165) is 18.4 Å². The summed E-state index contributed by atoms with van der Waals surface area (Å²) in [5.74, 6) is 0.105. The Hall–Kier alpha value is -0.770. The van der Waals surface area contributed by atoms with Gasteiger partial charge in [-0.15, -0.1) is 12.4 Å². The van der Waals surface area contributed by atoms with E-state index in [1.165, 1.54) is 12.8 Å². The van der Waals surface area contributed by atoms with Crippen molar-refractivity contribution in [3.05, 3.63) is 34.9 Å². The first-order valence-corrected chi connectivity index (χ1v) is 7.37. The fourth-order valence-electron chi connectivity index (χ4n) is 3.29. The van der Waals surface area contributed by atoms with Crippen molar-refractivity contribution in [3.63, 3.8) is 0 Å². The average molecular weight is 315 g/mol. The Labute approximate surface area is 130 Å². The van der Waals surface area contributed by atoms with E-state index < -0.39 is 0 Å². The summed E-state index contributed by atoms with van der Waals surface area (Å²) in [7, 11) is 0. The second-order valence-electron chi connectivity index (χ2n) is 5.68. The molecular formula is C15H20Cl2N2O. The van der Waals surface area contributed by atoms with Gasteiger partial charge >= 0.3 is 0 Å². The second kappa shape index (κ2) is 6.79. The topological polar surface area (TPSA) is 41.1 Å². The first kappa shape index (κ1) is 15.6. The highest BCUT2D eigenvalue weighted by atomic mass is 35.5. The second-order valence-corrected chi connectivity index (χ2v) is 6.12. The highest BCUT2D eigenvalue weighted by Gasteiger charge is 2.33. The van der Waals surface area contributed by atoms with Gasteiger partial charge in [0.1, 0.15) is 0 Å². The Bertz CT molecular complexity index is 469. The molecule has 2 N–H and O–H groups in total. The molecule has 110 valence electrons. The van der Waals surface area contributed by atoms with Gasteiger partial charge in [0.25, 0.3) is 0 Å². The molecule has 2 unspecified atom stereocenters. The van der Waals surface area contributed by atoms with Crippen molar-refractivity contribution in [1.82, 2.24) is 10.6 Å². The lowest BCUT2D eigenvalue weighted by molar-refractivity contribution is -0.121. The molecule has 2 bridgehead atoms. The van der Waals surface area contributed by atoms with E-state index in [9.17, 15) is 4.79 Å². The average Bonchev–Trinajstić information content (AvgIpc) is 2.68. The molecule has 20 heavy (non-hydrogen) atoms. The quantitative estimate of drug-likeness (QED) is 0.900. The molecular weight excluding hydrogens is 295 g/mol. The van der Waals surface area contributed by atoms with Crippen LogP contribution >= 0.6 is 24.0 Å². The minimum absolute atomic E-state index is 0. The van der Waals surface area contributed by atoms with Crippen LogP contribution in [0.25, 0.3) is 0 Å². The molecule has 2 saturated heterocycles. The van der Waals surface area contributed by atoms with Crippen molar-refractivity contribution >= 4 is 29.9 Å². The van der Waals surface area contributed by atoms with Crippen LogP contribution in [-0.4, -0.2) is 24.0 Å². The number of benzene rings is 1. The van der Waals surface area contributed by atoms with Crippen LogP contribution in [0.3, 0.4) is 0 Å². The number of amides is 1. The SMILES string of the molecule is Cl.O=C(Cc1cccc(Cl)c1)NC1CC2CCC(C1)N2. The molecule has 2 atom stereocenters. The lowest BCUT2D eigenvalue weighted by Gasteiger charge is -2.29. The van der Waals surface area contributed by atoms with Gasteiger partial charge in [-0.1, -0.05) is 23.7 Å². The van der Waals surface area contributed by atoms with E-state index in [-0.39, 0.29) is 18.3 Å². The zero-order chi connectivity index (χ0) is 13.2. The fraction of sp³-hybridized carbons (Fsp3) is 0.533. The van der Waals surface area contributed by atoms with Crippen LogP contribution in [0.2, 0.25) is 5.02 Å². The number of carbonyl (C=O) groups is 1. The van der Waals surface area contributed by atoms with Crippen LogP contribution in [0.1, 0.15) is 31.2 Å². The van der Waals surface area contributed by atoms with Crippen molar-refractivity contribution in [1.29, 1.82) is 0 Å². The van der Waals surface area contributed by atoms with E-state index in [4.69, 9.17) is 11.6 Å². The van der Waals surface area contributed by atoms with E-state index in [2.05, 4.69) is 10.6 Å². The molecule has 0 saturated carbocycles. The summed E-state index contributed by atoms with van der Waals surface area (Å²) in [6.07, 6.45) is 5.06. The number of fused-ring (bicyclic) bond motifs is 2. The largest absolute Gasteiger partial charge is 0.353 e. The maximum absolute atomic E-state index is 12.1. The molecule has 3 nitrogen and oxygen atoms in total. The van der Waals surface area contributed by atoms with Gasteiger partial charge in [-0.05, 0) is 43.4 Å². The Morgan fingerprint density at radius 1 is 1.30 bits per heavy atom. The molecule has 0 radical (unpaired) electrons. The molecule has 1 amide bonds. The van der Waals surface area contributed by atoms with Crippen LogP contribution in [0, 0.1) is 0 Å². The predicted octanol–water partition coefficient (Wildman–Crippen LogP) is 2.70. The summed E-state index contributed by atoms with van der Waals surface area (Å²) in [6.45, 7) is 0. The predicted molar refractivity (Wildman–Crippen MR) is 83.5 cm³/mol. The third-order valence-corrected chi connectivity index (χ3v) is 4.33. The van der Waals surface area contributed by atoms with Crippen LogP contribution in [0.4, 0.5) is 0 Å². The van der Waals surface area contributed by atoms with Crippen LogP contribution < -0.4 is 10.6 Å². The maximum Gasteiger partial charge on any atom is 0.224 e. The van der Waals surface area contributed by atoms with Gasteiger partial charge in [-0.3, -0.25) is 4.79 Å². The molecule has 2 aliphatic rings. The van der Waals surface area contributed by atoms with E-state index in [1.807, 2.05) is 24.3 Å². The first-order valence-electron chi connectivity index (χ1n) is 6.99. The molecule has 2 aliphatic heterocycles. The van der Waals surface area contributed by atoms with Gasteiger partial charge in [0.05, 0.1) is 6.42 Å². The highest BCUT2D eigenvalue weighted by molar-refractivity contribution is 6.30. The Balaban J connectivity index is 0.00000147. The molecule has 2 heterocycles. The Morgan fingerprint density at radius 2 is 2.00 bits per heavy atom. The lowest BCUT2D eigenvalue weighted by atomic mass is 9.99. The number of piperidine rings is 1. The molecule has 0 spiro atoms. The standard InChI is InChI=1S/C15H19ClN2O.ClH/c16-11-3-1-2-10(6-11)7-15(19)18-14-8-12-4-5-13(9-14)17-12;/h1-3,6,12-14,17H,4-5,7-9H2,(H,18,19);1H. The zero-order valence-electron chi connectivity index (χ0n) is 11.3. The number of carbonyl (C=O) groups excluding carboxylic acids is 1. The summed E-state index contributed by atoms with van der Waals surface area (Å²) in [5.41, 5.74) is 0.974. The first-order chi connectivity index (χ1) is 9.19. The zero-order valence-corrected chi connectivity index (χ0v) is 12.8. The molecule has 1 aromatic rings. The lowest BCUT2D eigenvalue weighted by Crippen LogP contribution is -2.48. The third-order valence-electron chi connectivity index (χ3n) is 4.09. The molecule has 2 fully saturated rings. The summed E-state index contributed by atoms with van der Waals surface area (Å²) < 4.78 is 0. The fourth-order valence-corrected chi connectivity index (χ4v) is 3.50. The van der Waals surface area contributed by atoms with Gasteiger partial charge in [0.15, 0.2) is 0 Å². The number of nitrogens with one attached hydrogen (secondary N) is 2. The van der Waals surface area contributed by atoms with Crippen molar-refractivity contribution in [2.24, 2.45) is 0 Å². The van der Waals surface area contributed by atoms with Crippen LogP contribution in [-0.2, 0) is 11.2 Å². The number of rotatable bonds is 3. The van der Waals surface area contributed by atoms with Gasteiger partial charge in [0, 0.05) is 23.1 Å². The van der Waals surface area contributed by atoms with Crippen molar-refractivity contribution < 1.29 is 4.79 Å². The third kappa shape index (κ3) is 3.87. The molecule has 0 aliphatic carbocycles. The summed E-state index contributed by atoms with van der Waals surface area (Å²) in [4.78, 5) is 12.1. The minimum atomic E-state index is 0. The monoisotopic (exact) mass is 314 g/mol. The number of hydrogen-bond acceptors (Lipinski definition) is 2. The molecule has 0 aromatic heterocycles. The van der Waals surface area contributed by atoms with Crippen molar-refractivity contribution in [3.8, 4) is 0 Å². The van der Waals surface area contributed by atoms with Crippen LogP contribution in [0.5, 0.6) is 0 Å². The highest BCUT2D eigenvalue weighted by Crippen LogP contribution is 2.26. The summed E-state index contributed by atoms with van der Waals surface area (Å²) in [6, 6.07) is 9.06.